The number of carboxylic acid groups (broad SMARTS) is 1. The van der Waals surface area contributed by atoms with Gasteiger partial charge in [-0.2, -0.15) is 0 Å². The molecule has 1 aromatic heterocycles. The number of nitrogens with zero attached hydrogens (tertiary/aromatic N) is 2. The number of hydrogen-bond donors (Lipinski definition) is 2. The molecule has 0 spiro atoms. The molecule has 7 nitrogen and oxygen atoms in total. The third-order valence-corrected chi connectivity index (χ3v) is 2.43. The number of carboxylic acids is 1. The lowest BCUT2D eigenvalue weighted by molar-refractivity contribution is 0.0586. The SMILES string of the molecule is COC(=O)c1nccc(Nc2ccc(C(=O)O)cc2)n1. The molecule has 2 rings (SSSR count). The number of methoxy groups -OCH3 is 1. The van der Waals surface area contributed by atoms with Crippen molar-refractivity contribution in [3.63, 3.8) is 0 Å². The summed E-state index contributed by atoms with van der Waals surface area (Å²) < 4.78 is 4.53. The van der Waals surface area contributed by atoms with Crippen LogP contribution in [-0.4, -0.2) is 34.1 Å². The lowest BCUT2D eigenvalue weighted by Gasteiger charge is -2.06. The van der Waals surface area contributed by atoms with E-state index in [2.05, 4.69) is 20.0 Å². The minimum absolute atomic E-state index is 0.0559. The molecule has 7 heteroatoms. The predicted octanol–water partition coefficient (Wildman–Crippen LogP) is 1.71. The minimum Gasteiger partial charge on any atom is -0.478 e. The van der Waals surface area contributed by atoms with Gasteiger partial charge in [-0.3, -0.25) is 0 Å². The van der Waals surface area contributed by atoms with Gasteiger partial charge in [0.05, 0.1) is 12.7 Å². The Balaban J connectivity index is 2.17. The summed E-state index contributed by atoms with van der Waals surface area (Å²) in [5.74, 6) is -1.27. The molecule has 2 N–H and O–H groups in total. The fourth-order valence-electron chi connectivity index (χ4n) is 1.46. The Morgan fingerprint density at radius 3 is 2.50 bits per heavy atom. The highest BCUT2D eigenvalue weighted by atomic mass is 16.5. The van der Waals surface area contributed by atoms with Crippen LogP contribution in [0.3, 0.4) is 0 Å². The summed E-state index contributed by atoms with van der Waals surface area (Å²) in [6.07, 6.45) is 1.42. The number of aromatic nitrogens is 2. The lowest BCUT2D eigenvalue weighted by atomic mass is 10.2. The molecule has 0 bridgehead atoms. The highest BCUT2D eigenvalue weighted by Crippen LogP contribution is 2.15. The van der Waals surface area contributed by atoms with E-state index in [0.29, 0.717) is 11.5 Å². The predicted molar refractivity (Wildman–Crippen MR) is 70.1 cm³/mol. The van der Waals surface area contributed by atoms with Crippen LogP contribution in [0, 0.1) is 0 Å². The first-order chi connectivity index (χ1) is 9.60. The summed E-state index contributed by atoms with van der Waals surface area (Å²) in [6.45, 7) is 0. The number of anilines is 2. The molecule has 20 heavy (non-hydrogen) atoms. The normalized spacial score (nSPS) is 9.85. The van der Waals surface area contributed by atoms with Crippen LogP contribution in [0.25, 0.3) is 0 Å². The van der Waals surface area contributed by atoms with Crippen molar-refractivity contribution in [3.8, 4) is 0 Å². The molecular formula is C13H11N3O4. The standard InChI is InChI=1S/C13H11N3O4/c1-20-13(19)11-14-7-6-10(16-11)15-9-4-2-8(3-5-9)12(17)18/h2-7H,1H3,(H,17,18)(H,14,15,16). The van der Waals surface area contributed by atoms with Crippen molar-refractivity contribution in [3.05, 3.63) is 47.9 Å². The maximum Gasteiger partial charge on any atom is 0.376 e. The summed E-state index contributed by atoms with van der Waals surface area (Å²) in [6, 6.07) is 7.71. The molecule has 0 amide bonds. The van der Waals surface area contributed by atoms with Crippen molar-refractivity contribution in [1.29, 1.82) is 0 Å². The van der Waals surface area contributed by atoms with E-state index in [1.54, 1.807) is 18.2 Å². The summed E-state index contributed by atoms with van der Waals surface area (Å²) in [5, 5.41) is 11.7. The number of esters is 1. The molecule has 0 unspecified atom stereocenters. The maximum atomic E-state index is 11.3. The van der Waals surface area contributed by atoms with Gasteiger partial charge >= 0.3 is 11.9 Å². The van der Waals surface area contributed by atoms with Crippen molar-refractivity contribution < 1.29 is 19.4 Å². The van der Waals surface area contributed by atoms with E-state index in [1.165, 1.54) is 25.4 Å². The van der Waals surface area contributed by atoms with Gasteiger partial charge in [0.1, 0.15) is 5.82 Å². The Bertz CT molecular complexity index is 640. The van der Waals surface area contributed by atoms with Crippen molar-refractivity contribution in [2.24, 2.45) is 0 Å². The second-order valence-electron chi connectivity index (χ2n) is 3.76. The van der Waals surface area contributed by atoms with E-state index in [1.807, 2.05) is 0 Å². The molecule has 0 aliphatic carbocycles. The molecule has 0 saturated heterocycles. The second kappa shape index (κ2) is 5.79. The van der Waals surface area contributed by atoms with E-state index in [9.17, 15) is 9.59 Å². The number of nitrogens with one attached hydrogen (secondary N) is 1. The van der Waals surface area contributed by atoms with E-state index >= 15 is 0 Å². The van der Waals surface area contributed by atoms with Crippen LogP contribution in [0.1, 0.15) is 21.0 Å². The summed E-state index contributed by atoms with van der Waals surface area (Å²) in [5.41, 5.74) is 0.831. The topological polar surface area (TPSA) is 101 Å². The molecule has 0 aliphatic rings. The van der Waals surface area contributed by atoms with Gasteiger partial charge in [-0.05, 0) is 30.3 Å². The average Bonchev–Trinajstić information content (AvgIpc) is 2.47. The van der Waals surface area contributed by atoms with Crippen LogP contribution >= 0.6 is 0 Å². The third-order valence-electron chi connectivity index (χ3n) is 2.43. The number of rotatable bonds is 4. The van der Waals surface area contributed by atoms with Crippen LogP contribution in [0.4, 0.5) is 11.5 Å². The quantitative estimate of drug-likeness (QED) is 0.817. The van der Waals surface area contributed by atoms with Gasteiger partial charge in [0.2, 0.25) is 5.82 Å². The van der Waals surface area contributed by atoms with Crippen molar-refractivity contribution in [2.75, 3.05) is 12.4 Å². The molecule has 2 aromatic rings. The van der Waals surface area contributed by atoms with E-state index < -0.39 is 11.9 Å². The number of benzene rings is 1. The average molecular weight is 273 g/mol. The second-order valence-corrected chi connectivity index (χ2v) is 3.76. The van der Waals surface area contributed by atoms with Gasteiger partial charge < -0.3 is 15.2 Å². The van der Waals surface area contributed by atoms with Crippen LogP contribution in [0.5, 0.6) is 0 Å². The molecule has 102 valence electrons. The number of ether oxygens (including phenoxy) is 1. The number of carbonyl (C=O) groups excluding carboxylic acids is 1. The number of hydrogen-bond acceptors (Lipinski definition) is 6. The minimum atomic E-state index is -0.994. The highest BCUT2D eigenvalue weighted by molar-refractivity contribution is 5.88. The van der Waals surface area contributed by atoms with Gasteiger partial charge in [-0.15, -0.1) is 0 Å². The molecular weight excluding hydrogens is 262 g/mol. The molecule has 1 heterocycles. The first kappa shape index (κ1) is 13.5. The van der Waals surface area contributed by atoms with Gasteiger partial charge in [-0.1, -0.05) is 0 Å². The van der Waals surface area contributed by atoms with Crippen LogP contribution in [0.15, 0.2) is 36.5 Å². The van der Waals surface area contributed by atoms with Crippen LogP contribution in [0.2, 0.25) is 0 Å². The molecule has 1 aromatic carbocycles. The number of carbonyl (C=O) groups is 2. The smallest absolute Gasteiger partial charge is 0.376 e. The monoisotopic (exact) mass is 273 g/mol. The van der Waals surface area contributed by atoms with Gasteiger partial charge in [0, 0.05) is 11.9 Å². The van der Waals surface area contributed by atoms with Crippen LogP contribution < -0.4 is 5.32 Å². The molecule has 0 radical (unpaired) electrons. The summed E-state index contributed by atoms with van der Waals surface area (Å²) >= 11 is 0. The van der Waals surface area contributed by atoms with Gasteiger partial charge in [0.15, 0.2) is 0 Å². The molecule has 0 fully saturated rings. The first-order valence-electron chi connectivity index (χ1n) is 5.62. The van der Waals surface area contributed by atoms with Crippen LogP contribution in [-0.2, 0) is 4.74 Å². The lowest BCUT2D eigenvalue weighted by Crippen LogP contribution is -2.08. The Morgan fingerprint density at radius 2 is 1.90 bits per heavy atom. The van der Waals surface area contributed by atoms with Gasteiger partial charge in [0.25, 0.3) is 0 Å². The third kappa shape index (κ3) is 3.08. The maximum absolute atomic E-state index is 11.3. The summed E-state index contributed by atoms with van der Waals surface area (Å²) in [4.78, 5) is 29.8. The van der Waals surface area contributed by atoms with Crippen molar-refractivity contribution >= 4 is 23.4 Å². The van der Waals surface area contributed by atoms with Gasteiger partial charge in [-0.25, -0.2) is 19.6 Å². The Morgan fingerprint density at radius 1 is 1.20 bits per heavy atom. The summed E-state index contributed by atoms with van der Waals surface area (Å²) in [7, 11) is 1.25. The first-order valence-corrected chi connectivity index (χ1v) is 5.62. The van der Waals surface area contributed by atoms with Crippen molar-refractivity contribution in [2.45, 2.75) is 0 Å². The zero-order valence-electron chi connectivity index (χ0n) is 10.5. The zero-order valence-corrected chi connectivity index (χ0v) is 10.5. The van der Waals surface area contributed by atoms with E-state index in [4.69, 9.17) is 5.11 Å². The fraction of sp³-hybridized carbons (Fsp3) is 0.0769. The molecule has 0 aliphatic heterocycles. The Kier molecular flexibility index (Phi) is 3.90. The Hall–Kier alpha value is -2.96. The van der Waals surface area contributed by atoms with Crippen molar-refractivity contribution in [1.82, 2.24) is 9.97 Å². The van der Waals surface area contributed by atoms with E-state index in [-0.39, 0.29) is 11.4 Å². The zero-order chi connectivity index (χ0) is 14.5. The highest BCUT2D eigenvalue weighted by Gasteiger charge is 2.09. The van der Waals surface area contributed by atoms with E-state index in [0.717, 1.165) is 0 Å². The molecule has 0 atom stereocenters. The fourth-order valence-corrected chi connectivity index (χ4v) is 1.46. The molecule has 0 saturated carbocycles. The number of aromatic carboxylic acids is 1. The Labute approximate surface area is 114 Å². The largest absolute Gasteiger partial charge is 0.478 e.